The van der Waals surface area contributed by atoms with Gasteiger partial charge in [-0.15, -0.1) is 0 Å². The number of aromatic nitrogens is 2. The van der Waals surface area contributed by atoms with Crippen molar-refractivity contribution in [3.05, 3.63) is 64.5 Å². The highest BCUT2D eigenvalue weighted by Crippen LogP contribution is 2.61. The van der Waals surface area contributed by atoms with Crippen LogP contribution >= 0.6 is 0 Å². The Hall–Kier alpha value is -3.50. The van der Waals surface area contributed by atoms with Crippen molar-refractivity contribution in [3.8, 4) is 5.75 Å². The highest BCUT2D eigenvalue weighted by molar-refractivity contribution is 5.96. The number of aliphatic imine (C=N–C) groups is 1. The molecule has 9 nitrogen and oxygen atoms in total. The zero-order chi connectivity index (χ0) is 30.3. The first kappa shape index (κ1) is 29.6. The smallest absolute Gasteiger partial charge is 0.261 e. The van der Waals surface area contributed by atoms with E-state index in [-0.39, 0.29) is 35.4 Å². The summed E-state index contributed by atoms with van der Waals surface area (Å²) < 4.78 is 21.0. The van der Waals surface area contributed by atoms with Crippen molar-refractivity contribution in [1.29, 1.82) is 0 Å². The Labute approximate surface area is 252 Å². The second-order valence-electron chi connectivity index (χ2n) is 13.1. The minimum absolute atomic E-state index is 0.0655. The zero-order valence-corrected chi connectivity index (χ0v) is 25.5. The Kier molecular flexibility index (Phi) is 8.17. The number of benzene rings is 2. The molecule has 43 heavy (non-hydrogen) atoms. The highest BCUT2D eigenvalue weighted by atomic mass is 19.1. The minimum atomic E-state index is -0.354. The molecule has 2 bridgehead atoms. The molecule has 4 fully saturated rings. The molecule has 3 aromatic rings. The van der Waals surface area contributed by atoms with E-state index in [1.165, 1.54) is 30.5 Å². The molecule has 3 N–H and O–H groups in total. The lowest BCUT2D eigenvalue weighted by Crippen LogP contribution is -2.59. The van der Waals surface area contributed by atoms with Crippen molar-refractivity contribution >= 4 is 22.5 Å². The Bertz CT molecular complexity index is 1570. The summed E-state index contributed by atoms with van der Waals surface area (Å²) in [6, 6.07) is 10.7. The molecule has 0 spiro atoms. The van der Waals surface area contributed by atoms with Gasteiger partial charge < -0.3 is 25.4 Å². The van der Waals surface area contributed by atoms with E-state index in [1.54, 1.807) is 18.2 Å². The normalized spacial score (nSPS) is 26.7. The van der Waals surface area contributed by atoms with Gasteiger partial charge in [-0.1, -0.05) is 19.9 Å². The number of aliphatic hydroxyl groups excluding tert-OH is 1. The van der Waals surface area contributed by atoms with Crippen LogP contribution < -0.4 is 20.9 Å². The molecule has 0 radical (unpaired) electrons. The summed E-state index contributed by atoms with van der Waals surface area (Å²) in [5.41, 5.74) is 2.01. The lowest BCUT2D eigenvalue weighted by molar-refractivity contribution is -0.125. The highest BCUT2D eigenvalue weighted by Gasteiger charge is 2.57. The number of halogens is 1. The van der Waals surface area contributed by atoms with Gasteiger partial charge in [-0.05, 0) is 73.3 Å². The molecule has 3 aliphatic carbocycles. The molecule has 4 aliphatic rings. The van der Waals surface area contributed by atoms with Crippen LogP contribution in [0, 0.1) is 29.0 Å². The topological polar surface area (TPSA) is 104 Å². The fraction of sp³-hybridized carbons (Fsp3) is 0.545. The number of aliphatic hydroxyl groups is 1. The third kappa shape index (κ3) is 5.74. The summed E-state index contributed by atoms with van der Waals surface area (Å²) in [6.07, 6.45) is 4.06. The van der Waals surface area contributed by atoms with E-state index in [9.17, 15) is 14.3 Å². The standard InChI is InChI=1S/C33H43FN6O3/c1-20-17-39(12-10-35-20)32(38-30-14-22-13-27(26(30)18-41)33(22,2)3)37-23-6-8-25-29(15-23)36-19-40(31(25)42)11-9-21-5-7-24(43-4)16-28(21)34/h5-8,15-16,19-20,22,26-27,30,35,41H,9-14,17-18H2,1-4H3,(H,37,38). The molecule has 3 saturated carbocycles. The van der Waals surface area contributed by atoms with E-state index in [1.807, 2.05) is 12.1 Å². The summed E-state index contributed by atoms with van der Waals surface area (Å²) in [5, 5.41) is 18.0. The van der Waals surface area contributed by atoms with Crippen LogP contribution in [0.25, 0.3) is 10.9 Å². The fourth-order valence-corrected chi connectivity index (χ4v) is 7.41. The summed E-state index contributed by atoms with van der Waals surface area (Å²) in [6.45, 7) is 9.83. The Morgan fingerprint density at radius 3 is 2.81 bits per heavy atom. The Morgan fingerprint density at radius 2 is 2.09 bits per heavy atom. The van der Waals surface area contributed by atoms with Crippen LogP contribution in [-0.4, -0.2) is 71.0 Å². The van der Waals surface area contributed by atoms with Gasteiger partial charge >= 0.3 is 0 Å². The molecule has 0 amide bonds. The van der Waals surface area contributed by atoms with Crippen LogP contribution in [0.2, 0.25) is 0 Å². The number of rotatable bonds is 7. The number of hydrogen-bond acceptors (Lipinski definition) is 6. The largest absolute Gasteiger partial charge is 0.497 e. The second kappa shape index (κ2) is 11.9. The first-order chi connectivity index (χ1) is 20.7. The van der Waals surface area contributed by atoms with Crippen LogP contribution in [0.15, 0.2) is 52.5 Å². The van der Waals surface area contributed by atoms with Gasteiger partial charge in [0.05, 0.1) is 30.4 Å². The van der Waals surface area contributed by atoms with Crippen LogP contribution in [0.4, 0.5) is 10.1 Å². The average molecular weight is 591 g/mol. The van der Waals surface area contributed by atoms with Crippen LogP contribution in [0.5, 0.6) is 5.75 Å². The maximum absolute atomic E-state index is 14.4. The molecule has 5 unspecified atom stereocenters. The van der Waals surface area contributed by atoms with Crippen LogP contribution in [0.3, 0.4) is 0 Å². The average Bonchev–Trinajstić information content (AvgIpc) is 3.00. The van der Waals surface area contributed by atoms with Crippen molar-refractivity contribution < 1.29 is 14.2 Å². The van der Waals surface area contributed by atoms with Gasteiger partial charge in [0.2, 0.25) is 0 Å². The predicted molar refractivity (Wildman–Crippen MR) is 167 cm³/mol. The van der Waals surface area contributed by atoms with Gasteiger partial charge in [-0.3, -0.25) is 9.36 Å². The second-order valence-corrected chi connectivity index (χ2v) is 13.1. The molecule has 2 heterocycles. The number of anilines is 1. The van der Waals surface area contributed by atoms with E-state index in [0.717, 1.165) is 37.7 Å². The van der Waals surface area contributed by atoms with E-state index >= 15 is 0 Å². The lowest BCUT2D eigenvalue weighted by Gasteiger charge is -2.61. The van der Waals surface area contributed by atoms with E-state index in [0.29, 0.717) is 53.1 Å². The number of ether oxygens (including phenoxy) is 1. The third-order valence-electron chi connectivity index (χ3n) is 10.2. The Balaban J connectivity index is 1.23. The zero-order valence-electron chi connectivity index (χ0n) is 25.5. The number of hydrogen-bond donors (Lipinski definition) is 3. The summed E-state index contributed by atoms with van der Waals surface area (Å²) >= 11 is 0. The number of methoxy groups -OCH3 is 1. The van der Waals surface area contributed by atoms with Gasteiger partial charge in [0, 0.05) is 56.5 Å². The van der Waals surface area contributed by atoms with Crippen molar-refractivity contribution in [2.45, 2.75) is 58.7 Å². The maximum atomic E-state index is 14.4. The summed E-state index contributed by atoms with van der Waals surface area (Å²) in [7, 11) is 1.50. The first-order valence-electron chi connectivity index (χ1n) is 15.4. The molecule has 1 saturated heterocycles. The van der Waals surface area contributed by atoms with Crippen molar-refractivity contribution in [1.82, 2.24) is 19.8 Å². The number of guanidine groups is 1. The summed E-state index contributed by atoms with van der Waals surface area (Å²) in [5.74, 6) is 2.19. The van der Waals surface area contributed by atoms with Crippen molar-refractivity contribution in [2.75, 3.05) is 38.7 Å². The number of nitrogens with zero attached hydrogens (tertiary/aromatic N) is 4. The molecular formula is C33H43FN6O3. The summed E-state index contributed by atoms with van der Waals surface area (Å²) in [4.78, 5) is 25.5. The molecule has 2 aromatic carbocycles. The SMILES string of the molecule is COc1ccc(CCn2cnc3cc(NC(=NC4CC5CC(C4CO)C5(C)C)N4CCNC(C)C4)ccc3c2=O)c(F)c1. The number of aryl methyl sites for hydroxylation is 2. The lowest BCUT2D eigenvalue weighted by atomic mass is 9.44. The van der Waals surface area contributed by atoms with Crippen molar-refractivity contribution in [2.24, 2.45) is 28.2 Å². The van der Waals surface area contributed by atoms with E-state index in [2.05, 4.69) is 41.3 Å². The molecule has 10 heteroatoms. The fourth-order valence-electron chi connectivity index (χ4n) is 7.41. The Morgan fingerprint density at radius 1 is 1.26 bits per heavy atom. The van der Waals surface area contributed by atoms with Gasteiger partial charge in [-0.2, -0.15) is 0 Å². The van der Waals surface area contributed by atoms with Crippen molar-refractivity contribution in [3.63, 3.8) is 0 Å². The minimum Gasteiger partial charge on any atom is -0.497 e. The quantitative estimate of drug-likeness (QED) is 0.283. The number of piperazine rings is 1. The van der Waals surface area contributed by atoms with Gasteiger partial charge in [0.1, 0.15) is 11.6 Å². The molecule has 1 aromatic heterocycles. The third-order valence-corrected chi connectivity index (χ3v) is 10.2. The van der Waals surface area contributed by atoms with Gasteiger partial charge in [-0.25, -0.2) is 14.4 Å². The maximum Gasteiger partial charge on any atom is 0.261 e. The predicted octanol–water partition coefficient (Wildman–Crippen LogP) is 3.89. The van der Waals surface area contributed by atoms with Crippen LogP contribution in [-0.2, 0) is 13.0 Å². The molecule has 5 atom stereocenters. The molecule has 7 rings (SSSR count). The number of fused-ring (bicyclic) bond motifs is 3. The van der Waals surface area contributed by atoms with E-state index < -0.39 is 0 Å². The molecular weight excluding hydrogens is 547 g/mol. The number of nitrogens with one attached hydrogen (secondary N) is 2. The van der Waals surface area contributed by atoms with Crippen LogP contribution in [0.1, 0.15) is 39.2 Å². The first-order valence-corrected chi connectivity index (χ1v) is 15.4. The molecule has 230 valence electrons. The molecule has 1 aliphatic heterocycles. The van der Waals surface area contributed by atoms with Gasteiger partial charge in [0.15, 0.2) is 5.96 Å². The van der Waals surface area contributed by atoms with E-state index in [4.69, 9.17) is 9.73 Å². The van der Waals surface area contributed by atoms with Gasteiger partial charge in [0.25, 0.3) is 5.56 Å². The monoisotopic (exact) mass is 590 g/mol.